The van der Waals surface area contributed by atoms with Crippen molar-refractivity contribution in [3.8, 4) is 5.75 Å². The standard InChI is InChI=1S/C21H22BrN3O4/c1-24(13-19(26)23-16-6-4-8-18(11-16)29-2)21(28)14-9-20(27)25(12-14)17-7-3-5-15(22)10-17/h3-8,10-11,14H,9,12-13H2,1-2H3,(H,23,26). The van der Waals surface area contributed by atoms with Crippen molar-refractivity contribution in [1.82, 2.24) is 4.90 Å². The van der Waals surface area contributed by atoms with Crippen LogP contribution >= 0.6 is 15.9 Å². The first kappa shape index (κ1) is 20.9. The Labute approximate surface area is 177 Å². The lowest BCUT2D eigenvalue weighted by Gasteiger charge is -2.21. The van der Waals surface area contributed by atoms with Crippen molar-refractivity contribution < 1.29 is 19.1 Å². The van der Waals surface area contributed by atoms with E-state index in [1.165, 1.54) is 4.90 Å². The Morgan fingerprint density at radius 3 is 2.72 bits per heavy atom. The Hall–Kier alpha value is -2.87. The molecule has 1 aliphatic rings. The third kappa shape index (κ3) is 5.14. The van der Waals surface area contributed by atoms with Gasteiger partial charge in [-0.25, -0.2) is 0 Å². The number of nitrogens with one attached hydrogen (secondary N) is 1. The van der Waals surface area contributed by atoms with E-state index in [1.807, 2.05) is 24.3 Å². The summed E-state index contributed by atoms with van der Waals surface area (Å²) in [6, 6.07) is 14.4. The van der Waals surface area contributed by atoms with Crippen LogP contribution in [0.2, 0.25) is 0 Å². The summed E-state index contributed by atoms with van der Waals surface area (Å²) in [6.07, 6.45) is 0.132. The highest BCUT2D eigenvalue weighted by Gasteiger charge is 2.36. The van der Waals surface area contributed by atoms with Crippen molar-refractivity contribution in [3.63, 3.8) is 0 Å². The van der Waals surface area contributed by atoms with Crippen LogP contribution in [0, 0.1) is 5.92 Å². The predicted molar refractivity (Wildman–Crippen MR) is 114 cm³/mol. The van der Waals surface area contributed by atoms with Gasteiger partial charge >= 0.3 is 0 Å². The second kappa shape index (κ2) is 9.09. The minimum Gasteiger partial charge on any atom is -0.497 e. The minimum absolute atomic E-state index is 0.0996. The number of benzene rings is 2. The Balaban J connectivity index is 1.58. The molecule has 152 valence electrons. The van der Waals surface area contributed by atoms with E-state index in [9.17, 15) is 14.4 Å². The Bertz CT molecular complexity index is 934. The summed E-state index contributed by atoms with van der Waals surface area (Å²) >= 11 is 3.39. The van der Waals surface area contributed by atoms with E-state index in [-0.39, 0.29) is 30.7 Å². The molecule has 1 fully saturated rings. The molecule has 3 amide bonds. The molecule has 3 rings (SSSR count). The number of carbonyl (C=O) groups excluding carboxylic acids is 3. The fraction of sp³-hybridized carbons (Fsp3) is 0.286. The van der Waals surface area contributed by atoms with Gasteiger partial charge in [-0.1, -0.05) is 28.1 Å². The maximum Gasteiger partial charge on any atom is 0.243 e. The van der Waals surface area contributed by atoms with Gasteiger partial charge in [0.05, 0.1) is 19.6 Å². The molecular formula is C21H22BrN3O4. The molecule has 1 atom stereocenters. The van der Waals surface area contributed by atoms with Crippen molar-refractivity contribution in [2.24, 2.45) is 5.92 Å². The highest BCUT2D eigenvalue weighted by molar-refractivity contribution is 9.10. The lowest BCUT2D eigenvalue weighted by Crippen LogP contribution is -2.39. The number of hydrogen-bond donors (Lipinski definition) is 1. The van der Waals surface area contributed by atoms with Gasteiger partial charge in [0.1, 0.15) is 5.75 Å². The largest absolute Gasteiger partial charge is 0.497 e. The van der Waals surface area contributed by atoms with Gasteiger partial charge in [-0.05, 0) is 30.3 Å². The summed E-state index contributed by atoms with van der Waals surface area (Å²) < 4.78 is 6.00. The van der Waals surface area contributed by atoms with Gasteiger partial charge in [0, 0.05) is 41.9 Å². The molecule has 0 saturated carbocycles. The monoisotopic (exact) mass is 459 g/mol. The van der Waals surface area contributed by atoms with Crippen LogP contribution in [-0.4, -0.2) is 49.9 Å². The van der Waals surface area contributed by atoms with Gasteiger partial charge in [0.2, 0.25) is 17.7 Å². The number of ether oxygens (including phenoxy) is 1. The molecule has 1 N–H and O–H groups in total. The Morgan fingerprint density at radius 2 is 2.00 bits per heavy atom. The summed E-state index contributed by atoms with van der Waals surface area (Å²) in [5.41, 5.74) is 1.34. The maximum absolute atomic E-state index is 12.8. The second-order valence-corrected chi connectivity index (χ2v) is 7.78. The highest BCUT2D eigenvalue weighted by Crippen LogP contribution is 2.28. The zero-order valence-electron chi connectivity index (χ0n) is 16.2. The van der Waals surface area contributed by atoms with Crippen LogP contribution in [0.25, 0.3) is 0 Å². The van der Waals surface area contributed by atoms with Crippen LogP contribution in [0.3, 0.4) is 0 Å². The van der Waals surface area contributed by atoms with E-state index < -0.39 is 5.92 Å². The average molecular weight is 460 g/mol. The molecule has 8 heteroatoms. The zero-order valence-corrected chi connectivity index (χ0v) is 17.8. The van der Waals surface area contributed by atoms with Crippen LogP contribution in [0.1, 0.15) is 6.42 Å². The highest BCUT2D eigenvalue weighted by atomic mass is 79.9. The summed E-state index contributed by atoms with van der Waals surface area (Å²) in [7, 11) is 3.12. The summed E-state index contributed by atoms with van der Waals surface area (Å²) in [5, 5.41) is 2.75. The van der Waals surface area contributed by atoms with Crippen LogP contribution in [0.15, 0.2) is 53.0 Å². The van der Waals surface area contributed by atoms with Crippen LogP contribution in [-0.2, 0) is 14.4 Å². The number of halogens is 1. The first-order valence-electron chi connectivity index (χ1n) is 9.12. The van der Waals surface area contributed by atoms with Crippen molar-refractivity contribution in [3.05, 3.63) is 53.0 Å². The summed E-state index contributed by atoms with van der Waals surface area (Å²) in [5.74, 6) is -0.491. The van der Waals surface area contributed by atoms with Gasteiger partial charge in [-0.15, -0.1) is 0 Å². The molecule has 2 aromatic carbocycles. The molecule has 1 aliphatic heterocycles. The SMILES string of the molecule is COc1cccc(NC(=O)CN(C)C(=O)C2CC(=O)N(c3cccc(Br)c3)C2)c1. The van der Waals surface area contributed by atoms with E-state index >= 15 is 0 Å². The van der Waals surface area contributed by atoms with Gasteiger partial charge in [-0.3, -0.25) is 14.4 Å². The number of anilines is 2. The number of carbonyl (C=O) groups is 3. The van der Waals surface area contributed by atoms with E-state index in [0.717, 1.165) is 10.2 Å². The van der Waals surface area contributed by atoms with E-state index in [1.54, 1.807) is 43.3 Å². The minimum atomic E-state index is -0.476. The maximum atomic E-state index is 12.8. The first-order valence-corrected chi connectivity index (χ1v) is 9.91. The van der Waals surface area contributed by atoms with E-state index in [4.69, 9.17) is 4.74 Å². The topological polar surface area (TPSA) is 79.0 Å². The number of hydrogen-bond acceptors (Lipinski definition) is 4. The predicted octanol–water partition coefficient (Wildman–Crippen LogP) is 2.91. The molecule has 0 aromatic heterocycles. The lowest BCUT2D eigenvalue weighted by molar-refractivity contribution is -0.137. The van der Waals surface area contributed by atoms with Crippen molar-refractivity contribution >= 4 is 45.0 Å². The smallest absolute Gasteiger partial charge is 0.243 e. The number of amides is 3. The van der Waals surface area contributed by atoms with Gasteiger partial charge in [0.25, 0.3) is 0 Å². The van der Waals surface area contributed by atoms with Gasteiger partial charge in [-0.2, -0.15) is 0 Å². The van der Waals surface area contributed by atoms with Crippen LogP contribution < -0.4 is 15.0 Å². The Morgan fingerprint density at radius 1 is 1.24 bits per heavy atom. The second-order valence-electron chi connectivity index (χ2n) is 6.86. The molecule has 1 saturated heterocycles. The fourth-order valence-electron chi connectivity index (χ4n) is 3.27. The summed E-state index contributed by atoms with van der Waals surface area (Å²) in [6.45, 7) is 0.202. The molecule has 0 spiro atoms. The third-order valence-corrected chi connectivity index (χ3v) is 5.20. The number of nitrogens with zero attached hydrogens (tertiary/aromatic N) is 2. The molecule has 2 aromatic rings. The molecule has 0 bridgehead atoms. The summed E-state index contributed by atoms with van der Waals surface area (Å²) in [4.78, 5) is 40.4. The number of methoxy groups -OCH3 is 1. The van der Waals surface area contributed by atoms with Crippen LogP contribution in [0.4, 0.5) is 11.4 Å². The normalized spacial score (nSPS) is 15.9. The molecular weight excluding hydrogens is 438 g/mol. The van der Waals surface area contributed by atoms with Gasteiger partial charge < -0.3 is 19.9 Å². The molecule has 0 aliphatic carbocycles. The van der Waals surface area contributed by atoms with Crippen molar-refractivity contribution in [2.45, 2.75) is 6.42 Å². The van der Waals surface area contributed by atoms with E-state index in [0.29, 0.717) is 18.0 Å². The molecule has 29 heavy (non-hydrogen) atoms. The molecule has 1 unspecified atom stereocenters. The van der Waals surface area contributed by atoms with E-state index in [2.05, 4.69) is 21.2 Å². The Kier molecular flexibility index (Phi) is 6.53. The third-order valence-electron chi connectivity index (χ3n) is 4.70. The zero-order chi connectivity index (χ0) is 21.0. The average Bonchev–Trinajstić information content (AvgIpc) is 3.09. The number of likely N-dealkylation sites (N-methyl/N-ethyl adjacent to an activating group) is 1. The van der Waals surface area contributed by atoms with Crippen molar-refractivity contribution in [2.75, 3.05) is 37.5 Å². The molecule has 0 radical (unpaired) electrons. The van der Waals surface area contributed by atoms with Crippen molar-refractivity contribution in [1.29, 1.82) is 0 Å². The first-order chi connectivity index (χ1) is 13.9. The number of rotatable bonds is 6. The quantitative estimate of drug-likeness (QED) is 0.719. The molecule has 1 heterocycles. The van der Waals surface area contributed by atoms with Gasteiger partial charge in [0.15, 0.2) is 0 Å². The fourth-order valence-corrected chi connectivity index (χ4v) is 3.66. The van der Waals surface area contributed by atoms with Crippen LogP contribution in [0.5, 0.6) is 5.75 Å². The molecule has 7 nitrogen and oxygen atoms in total. The lowest BCUT2D eigenvalue weighted by atomic mass is 10.1.